The molecular formula is C22H42N6O10. The number of hydrogen-bond acceptors (Lipinski definition) is 15. The number of aliphatic hydroxyl groups excluding tert-OH is 5. The minimum Gasteiger partial charge on any atom is -0.394 e. The third-order valence-electron chi connectivity index (χ3n) is 7.01. The molecular weight excluding hydrogens is 508 g/mol. The molecule has 2 aliphatic heterocycles. The predicted octanol–water partition coefficient (Wildman–Crippen LogP) is -6.62. The first-order chi connectivity index (χ1) is 18.0. The summed E-state index contributed by atoms with van der Waals surface area (Å²) in [6, 6.07) is -3.77. The molecule has 38 heavy (non-hydrogen) atoms. The third kappa shape index (κ3) is 7.04. The molecule has 0 unspecified atom stereocenters. The standard InChI is InChI=1S/C22H42N6O10/c23-4-3-12(30)20(34)28-11-5-10(26)18(37-21-9(25)2-1-8(6-24)35-21)17(33)19(11)38-22-16(32)14(27)15(31)13(7-29)36-22/h1-2,8-19,21-22,29-33H,3-7,23-27H2,(H,28,34)/t8-,9+,10-,11+,12-,13+,14-,15+,16+,17+,18+,19-,21+,22+/m0/s1. The van der Waals surface area contributed by atoms with Crippen LogP contribution in [0.15, 0.2) is 12.2 Å². The van der Waals surface area contributed by atoms with E-state index in [1.807, 2.05) is 0 Å². The van der Waals surface area contributed by atoms with Crippen LogP contribution in [0.3, 0.4) is 0 Å². The number of carbonyl (C=O) groups is 1. The maximum atomic E-state index is 12.6. The quantitative estimate of drug-likeness (QED) is 0.113. The highest BCUT2D eigenvalue weighted by atomic mass is 16.7. The lowest BCUT2D eigenvalue weighted by Gasteiger charge is -2.48. The molecule has 0 spiro atoms. The van der Waals surface area contributed by atoms with Gasteiger partial charge in [-0.2, -0.15) is 0 Å². The average Bonchev–Trinajstić information content (AvgIpc) is 2.89. The van der Waals surface area contributed by atoms with Crippen LogP contribution in [0, 0.1) is 0 Å². The van der Waals surface area contributed by atoms with Gasteiger partial charge in [-0.25, -0.2) is 0 Å². The van der Waals surface area contributed by atoms with E-state index in [0.717, 1.165) is 0 Å². The third-order valence-corrected chi connectivity index (χ3v) is 7.01. The van der Waals surface area contributed by atoms with Gasteiger partial charge in [-0.3, -0.25) is 4.79 Å². The van der Waals surface area contributed by atoms with Gasteiger partial charge in [0.1, 0.15) is 42.7 Å². The van der Waals surface area contributed by atoms with Gasteiger partial charge in [-0.15, -0.1) is 0 Å². The maximum absolute atomic E-state index is 12.6. The van der Waals surface area contributed by atoms with Crippen LogP contribution in [-0.4, -0.2) is 137 Å². The number of ether oxygens (including phenoxy) is 4. The molecule has 16 N–H and O–H groups in total. The Hall–Kier alpha value is -1.35. The molecule has 16 heteroatoms. The van der Waals surface area contributed by atoms with E-state index in [1.165, 1.54) is 0 Å². The molecule has 3 aliphatic rings. The Balaban J connectivity index is 1.83. The summed E-state index contributed by atoms with van der Waals surface area (Å²) in [7, 11) is 0. The van der Waals surface area contributed by atoms with Crippen molar-refractivity contribution < 1.29 is 49.3 Å². The monoisotopic (exact) mass is 550 g/mol. The van der Waals surface area contributed by atoms with Gasteiger partial charge in [0.2, 0.25) is 5.91 Å². The molecule has 220 valence electrons. The first-order valence-corrected chi connectivity index (χ1v) is 12.6. The number of amides is 1. The molecule has 1 aliphatic carbocycles. The summed E-state index contributed by atoms with van der Waals surface area (Å²) in [6.07, 6.45) is -9.11. The fraction of sp³-hybridized carbons (Fsp3) is 0.864. The lowest BCUT2D eigenvalue weighted by molar-refractivity contribution is -0.312. The van der Waals surface area contributed by atoms with Gasteiger partial charge < -0.3 is 78.5 Å². The summed E-state index contributed by atoms with van der Waals surface area (Å²) in [5.41, 5.74) is 29.4. The van der Waals surface area contributed by atoms with Gasteiger partial charge in [0.25, 0.3) is 0 Å². The number of nitrogens with two attached hydrogens (primary N) is 5. The molecule has 0 radical (unpaired) electrons. The van der Waals surface area contributed by atoms with Crippen LogP contribution in [0.5, 0.6) is 0 Å². The molecule has 1 saturated heterocycles. The van der Waals surface area contributed by atoms with Crippen LogP contribution < -0.4 is 34.0 Å². The summed E-state index contributed by atoms with van der Waals surface area (Å²) in [4.78, 5) is 12.6. The lowest BCUT2D eigenvalue weighted by atomic mass is 9.83. The number of rotatable bonds is 10. The van der Waals surface area contributed by atoms with E-state index in [9.17, 15) is 30.3 Å². The molecule has 16 nitrogen and oxygen atoms in total. The van der Waals surface area contributed by atoms with Crippen molar-refractivity contribution in [1.82, 2.24) is 5.32 Å². The van der Waals surface area contributed by atoms with Crippen molar-refractivity contribution in [2.45, 2.75) is 98.4 Å². The molecule has 14 atom stereocenters. The first kappa shape index (κ1) is 31.2. The average molecular weight is 551 g/mol. The van der Waals surface area contributed by atoms with Crippen LogP contribution in [-0.2, 0) is 23.7 Å². The highest BCUT2D eigenvalue weighted by molar-refractivity contribution is 5.80. The molecule has 1 amide bonds. The van der Waals surface area contributed by atoms with E-state index in [4.69, 9.17) is 47.6 Å². The normalized spacial score (nSPS) is 44.5. The number of carbonyl (C=O) groups excluding carboxylic acids is 1. The molecule has 1 saturated carbocycles. The largest absolute Gasteiger partial charge is 0.394 e. The smallest absolute Gasteiger partial charge is 0.249 e. The Morgan fingerprint density at radius 2 is 1.68 bits per heavy atom. The molecule has 0 aromatic carbocycles. The molecule has 0 aromatic heterocycles. The second kappa shape index (κ2) is 13.8. The van der Waals surface area contributed by atoms with E-state index in [1.54, 1.807) is 12.2 Å². The van der Waals surface area contributed by atoms with Crippen molar-refractivity contribution in [2.75, 3.05) is 19.7 Å². The summed E-state index contributed by atoms with van der Waals surface area (Å²) in [5, 5.41) is 54.3. The highest BCUT2D eigenvalue weighted by Crippen LogP contribution is 2.31. The minimum atomic E-state index is -1.56. The van der Waals surface area contributed by atoms with Gasteiger partial charge in [0, 0.05) is 12.6 Å². The Bertz CT molecular complexity index is 796. The van der Waals surface area contributed by atoms with Gasteiger partial charge >= 0.3 is 0 Å². The van der Waals surface area contributed by atoms with Crippen molar-refractivity contribution >= 4 is 5.91 Å². The minimum absolute atomic E-state index is 0.00646. The first-order valence-electron chi connectivity index (χ1n) is 12.6. The van der Waals surface area contributed by atoms with Crippen molar-refractivity contribution in [3.05, 3.63) is 12.2 Å². The van der Waals surface area contributed by atoms with Crippen molar-refractivity contribution in [3.63, 3.8) is 0 Å². The summed E-state index contributed by atoms with van der Waals surface area (Å²) in [6.45, 7) is -0.395. The number of nitrogens with one attached hydrogen (secondary N) is 1. The van der Waals surface area contributed by atoms with E-state index >= 15 is 0 Å². The summed E-state index contributed by atoms with van der Waals surface area (Å²) in [5.74, 6) is -0.771. The van der Waals surface area contributed by atoms with Gasteiger partial charge in [0.15, 0.2) is 12.6 Å². The van der Waals surface area contributed by atoms with Gasteiger partial charge in [0.05, 0.1) is 30.8 Å². The van der Waals surface area contributed by atoms with Crippen LogP contribution in [0.1, 0.15) is 12.8 Å². The zero-order valence-electron chi connectivity index (χ0n) is 20.9. The van der Waals surface area contributed by atoms with Crippen molar-refractivity contribution in [2.24, 2.45) is 28.7 Å². The molecule has 2 heterocycles. The van der Waals surface area contributed by atoms with Crippen LogP contribution in [0.2, 0.25) is 0 Å². The Kier molecular flexibility index (Phi) is 11.3. The molecule has 2 fully saturated rings. The van der Waals surface area contributed by atoms with Crippen molar-refractivity contribution in [3.8, 4) is 0 Å². The Morgan fingerprint density at radius 3 is 2.32 bits per heavy atom. The predicted molar refractivity (Wildman–Crippen MR) is 131 cm³/mol. The fourth-order valence-corrected chi connectivity index (χ4v) is 4.75. The van der Waals surface area contributed by atoms with E-state index in [0.29, 0.717) is 0 Å². The van der Waals surface area contributed by atoms with E-state index < -0.39 is 98.1 Å². The van der Waals surface area contributed by atoms with Crippen molar-refractivity contribution in [1.29, 1.82) is 0 Å². The lowest BCUT2D eigenvalue weighted by Crippen LogP contribution is -2.69. The van der Waals surface area contributed by atoms with Crippen LogP contribution in [0.25, 0.3) is 0 Å². The van der Waals surface area contributed by atoms with Gasteiger partial charge in [-0.05, 0) is 19.4 Å². The highest BCUT2D eigenvalue weighted by Gasteiger charge is 2.51. The summed E-state index contributed by atoms with van der Waals surface area (Å²) >= 11 is 0. The second-order valence-electron chi connectivity index (χ2n) is 9.82. The number of hydrogen-bond donors (Lipinski definition) is 11. The Labute approximate surface area is 220 Å². The molecule has 0 bridgehead atoms. The van der Waals surface area contributed by atoms with Crippen LogP contribution in [0.4, 0.5) is 0 Å². The zero-order chi connectivity index (χ0) is 28.1. The van der Waals surface area contributed by atoms with E-state index in [-0.39, 0.29) is 25.9 Å². The second-order valence-corrected chi connectivity index (χ2v) is 9.82. The van der Waals surface area contributed by atoms with E-state index in [2.05, 4.69) is 5.32 Å². The maximum Gasteiger partial charge on any atom is 0.249 e. The van der Waals surface area contributed by atoms with Crippen LogP contribution >= 0.6 is 0 Å². The molecule has 0 aromatic rings. The molecule has 3 rings (SSSR count). The zero-order valence-corrected chi connectivity index (χ0v) is 20.9. The fourth-order valence-electron chi connectivity index (χ4n) is 4.75. The topological polar surface area (TPSA) is 297 Å². The van der Waals surface area contributed by atoms with Gasteiger partial charge in [-0.1, -0.05) is 12.2 Å². The Morgan fingerprint density at radius 1 is 1.00 bits per heavy atom. The summed E-state index contributed by atoms with van der Waals surface area (Å²) < 4.78 is 23.1. The SMILES string of the molecule is NCC[C@H](O)C(=O)N[C@@H]1C[C@H](N)[C@@H](O[C@H]2O[C@H](CN)C=C[C@H]2N)[C@@H](O)[C@H]1O[C@H]1O[C@H](CO)[C@@H](O)[C@H](N)[C@H]1O. The number of aliphatic hydroxyl groups is 5.